The number of rotatable bonds is 7. The van der Waals surface area contributed by atoms with Crippen molar-refractivity contribution in [2.75, 3.05) is 20.3 Å². The fraction of sp³-hybridized carbons (Fsp3) is 0.467. The summed E-state index contributed by atoms with van der Waals surface area (Å²) in [6, 6.07) is 12.3. The number of amides is 4. The van der Waals surface area contributed by atoms with Crippen molar-refractivity contribution in [1.82, 2.24) is 15.1 Å². The van der Waals surface area contributed by atoms with Crippen LogP contribution in [0.15, 0.2) is 42.5 Å². The molecule has 3 aliphatic heterocycles. The van der Waals surface area contributed by atoms with E-state index in [4.69, 9.17) is 9.47 Å². The molecule has 39 heavy (non-hydrogen) atoms. The van der Waals surface area contributed by atoms with Crippen LogP contribution in [0.2, 0.25) is 0 Å². The van der Waals surface area contributed by atoms with Gasteiger partial charge in [0.1, 0.15) is 24.1 Å². The fourth-order valence-corrected chi connectivity index (χ4v) is 5.76. The first-order valence-corrected chi connectivity index (χ1v) is 13.5. The van der Waals surface area contributed by atoms with Crippen molar-refractivity contribution in [2.45, 2.75) is 70.0 Å². The third-order valence-corrected chi connectivity index (χ3v) is 8.17. The zero-order valence-electron chi connectivity index (χ0n) is 22.7. The maximum atomic E-state index is 13.8. The van der Waals surface area contributed by atoms with E-state index >= 15 is 0 Å². The lowest BCUT2D eigenvalue weighted by atomic mass is 9.82. The first-order chi connectivity index (χ1) is 18.7. The van der Waals surface area contributed by atoms with Crippen molar-refractivity contribution < 1.29 is 28.7 Å². The van der Waals surface area contributed by atoms with Crippen LogP contribution in [-0.2, 0) is 26.3 Å². The zero-order chi connectivity index (χ0) is 27.7. The Labute approximate surface area is 228 Å². The number of carbonyl (C=O) groups is 4. The Morgan fingerprint density at radius 2 is 1.77 bits per heavy atom. The number of hydrogen-bond acceptors (Lipinski definition) is 6. The average molecular weight is 534 g/mol. The van der Waals surface area contributed by atoms with E-state index in [9.17, 15) is 19.2 Å². The third-order valence-electron chi connectivity index (χ3n) is 8.17. The Kier molecular flexibility index (Phi) is 7.34. The first kappa shape index (κ1) is 26.7. The highest BCUT2D eigenvalue weighted by Crippen LogP contribution is 2.32. The van der Waals surface area contributed by atoms with E-state index in [-0.39, 0.29) is 30.2 Å². The Bertz CT molecular complexity index is 1290. The van der Waals surface area contributed by atoms with Crippen LogP contribution in [0.4, 0.5) is 0 Å². The van der Waals surface area contributed by atoms with Gasteiger partial charge in [0, 0.05) is 25.1 Å². The van der Waals surface area contributed by atoms with E-state index in [1.54, 1.807) is 19.2 Å². The quantitative estimate of drug-likeness (QED) is 0.548. The third kappa shape index (κ3) is 5.22. The van der Waals surface area contributed by atoms with Crippen molar-refractivity contribution >= 4 is 23.6 Å². The molecular weight excluding hydrogens is 498 g/mol. The molecule has 3 aliphatic rings. The van der Waals surface area contributed by atoms with Gasteiger partial charge in [0.2, 0.25) is 17.7 Å². The van der Waals surface area contributed by atoms with Gasteiger partial charge < -0.3 is 19.3 Å². The summed E-state index contributed by atoms with van der Waals surface area (Å²) in [4.78, 5) is 54.1. The molecule has 9 nitrogen and oxygen atoms in total. The van der Waals surface area contributed by atoms with Gasteiger partial charge in [-0.05, 0) is 81.0 Å². The molecule has 0 spiro atoms. The summed E-state index contributed by atoms with van der Waals surface area (Å²) < 4.78 is 11.5. The predicted molar refractivity (Wildman–Crippen MR) is 143 cm³/mol. The van der Waals surface area contributed by atoms with Crippen molar-refractivity contribution in [3.05, 3.63) is 59.2 Å². The second-order valence-electron chi connectivity index (χ2n) is 11.0. The lowest BCUT2D eigenvalue weighted by Crippen LogP contribution is -2.52. The van der Waals surface area contributed by atoms with E-state index in [0.29, 0.717) is 37.4 Å². The van der Waals surface area contributed by atoms with Crippen LogP contribution in [0.25, 0.3) is 0 Å². The van der Waals surface area contributed by atoms with Gasteiger partial charge >= 0.3 is 0 Å². The largest absolute Gasteiger partial charge is 0.497 e. The lowest BCUT2D eigenvalue weighted by molar-refractivity contribution is -0.141. The van der Waals surface area contributed by atoms with Crippen LogP contribution in [0.3, 0.4) is 0 Å². The molecule has 0 radical (unpaired) electrons. The van der Waals surface area contributed by atoms with E-state index in [0.717, 1.165) is 36.1 Å². The predicted octanol–water partition coefficient (Wildman–Crippen LogP) is 3.19. The molecule has 0 aromatic heterocycles. The molecule has 2 aromatic carbocycles. The van der Waals surface area contributed by atoms with Gasteiger partial charge in [0.15, 0.2) is 0 Å². The molecule has 1 N–H and O–H groups in total. The van der Waals surface area contributed by atoms with E-state index in [2.05, 4.69) is 5.32 Å². The number of benzene rings is 2. The molecule has 2 atom stereocenters. The van der Waals surface area contributed by atoms with Crippen molar-refractivity contribution in [2.24, 2.45) is 0 Å². The van der Waals surface area contributed by atoms with Crippen molar-refractivity contribution in [1.29, 1.82) is 0 Å². The van der Waals surface area contributed by atoms with Gasteiger partial charge in [-0.2, -0.15) is 0 Å². The van der Waals surface area contributed by atoms with Crippen LogP contribution in [0.5, 0.6) is 11.5 Å². The Morgan fingerprint density at radius 1 is 1.03 bits per heavy atom. The summed E-state index contributed by atoms with van der Waals surface area (Å²) >= 11 is 0. The minimum absolute atomic E-state index is 0.0568. The highest BCUT2D eigenvalue weighted by atomic mass is 16.5. The first-order valence-electron chi connectivity index (χ1n) is 13.5. The number of fused-ring (bicyclic) bond motifs is 1. The molecule has 0 aliphatic carbocycles. The van der Waals surface area contributed by atoms with Crippen LogP contribution in [0.1, 0.15) is 67.4 Å². The number of carbonyl (C=O) groups excluding carboxylic acids is 4. The number of imide groups is 1. The summed E-state index contributed by atoms with van der Waals surface area (Å²) in [5.41, 5.74) is 1.57. The summed E-state index contributed by atoms with van der Waals surface area (Å²) in [6.45, 7) is 5.24. The monoisotopic (exact) mass is 533 g/mol. The molecular formula is C30H35N3O6. The van der Waals surface area contributed by atoms with Crippen LogP contribution >= 0.6 is 0 Å². The summed E-state index contributed by atoms with van der Waals surface area (Å²) in [6.07, 6.45) is 3.39. The second kappa shape index (κ2) is 10.7. The maximum absolute atomic E-state index is 13.8. The number of hydrogen-bond donors (Lipinski definition) is 1. The molecule has 206 valence electrons. The number of piperidine rings is 2. The van der Waals surface area contributed by atoms with E-state index in [1.807, 2.05) is 49.1 Å². The Morgan fingerprint density at radius 3 is 2.49 bits per heavy atom. The van der Waals surface area contributed by atoms with E-state index in [1.165, 1.54) is 4.90 Å². The highest BCUT2D eigenvalue weighted by molar-refractivity contribution is 6.05. The molecule has 4 amide bonds. The number of nitrogens with zero attached hydrogens (tertiary/aromatic N) is 2. The van der Waals surface area contributed by atoms with Crippen molar-refractivity contribution in [3.63, 3.8) is 0 Å². The van der Waals surface area contributed by atoms with Crippen LogP contribution in [-0.4, -0.2) is 65.8 Å². The smallest absolute Gasteiger partial charge is 0.255 e. The SMILES string of the molecule is COc1ccc(C(C)(C)C(=O)N2CCCC[C@H]2COc2ccc3c(c2)CN(C2CCC(=O)NC2=O)C3=O)cc1. The molecule has 2 saturated heterocycles. The number of likely N-dealkylation sites (tertiary alicyclic amines) is 1. The fourth-order valence-electron chi connectivity index (χ4n) is 5.76. The molecule has 3 heterocycles. The topological polar surface area (TPSA) is 105 Å². The van der Waals surface area contributed by atoms with Gasteiger partial charge in [-0.15, -0.1) is 0 Å². The van der Waals surface area contributed by atoms with Crippen LogP contribution in [0, 0.1) is 0 Å². The maximum Gasteiger partial charge on any atom is 0.255 e. The Hall–Kier alpha value is -3.88. The number of methoxy groups -OCH3 is 1. The normalized spacial score (nSPS) is 21.5. The van der Waals surface area contributed by atoms with E-state index < -0.39 is 17.4 Å². The summed E-state index contributed by atoms with van der Waals surface area (Å²) in [5.74, 6) is 0.500. The summed E-state index contributed by atoms with van der Waals surface area (Å²) in [7, 11) is 1.62. The van der Waals surface area contributed by atoms with Gasteiger partial charge in [-0.3, -0.25) is 24.5 Å². The second-order valence-corrected chi connectivity index (χ2v) is 11.0. The van der Waals surface area contributed by atoms with Crippen molar-refractivity contribution in [3.8, 4) is 11.5 Å². The number of ether oxygens (including phenoxy) is 2. The average Bonchev–Trinajstić information content (AvgIpc) is 3.26. The minimum atomic E-state index is -0.699. The Balaban J connectivity index is 1.25. The molecule has 5 rings (SSSR count). The molecule has 1 unspecified atom stereocenters. The van der Waals surface area contributed by atoms with Crippen LogP contribution < -0.4 is 14.8 Å². The zero-order valence-corrected chi connectivity index (χ0v) is 22.7. The van der Waals surface area contributed by atoms with Gasteiger partial charge in [-0.25, -0.2) is 0 Å². The standard InChI is InChI=1S/C30H35N3O6/c1-30(2,20-7-9-22(38-3)10-8-20)29(37)32-15-5-4-6-21(32)18-39-23-11-12-24-19(16-23)17-33(28(24)36)25-13-14-26(34)31-27(25)35/h7-12,16,21,25H,4-6,13-15,17-18H2,1-3H3,(H,31,34,35)/t21-,25?/m0/s1. The number of nitrogens with one attached hydrogen (secondary N) is 1. The summed E-state index contributed by atoms with van der Waals surface area (Å²) in [5, 5.41) is 2.33. The lowest BCUT2D eigenvalue weighted by Gasteiger charge is -2.40. The van der Waals surface area contributed by atoms with Gasteiger partial charge in [-0.1, -0.05) is 12.1 Å². The highest BCUT2D eigenvalue weighted by Gasteiger charge is 2.40. The van der Waals surface area contributed by atoms with Gasteiger partial charge in [0.05, 0.1) is 18.6 Å². The molecule has 0 saturated carbocycles. The minimum Gasteiger partial charge on any atom is -0.497 e. The molecule has 0 bridgehead atoms. The molecule has 9 heteroatoms. The molecule has 2 fully saturated rings. The van der Waals surface area contributed by atoms with Gasteiger partial charge in [0.25, 0.3) is 5.91 Å². The molecule has 2 aromatic rings.